The van der Waals surface area contributed by atoms with Crippen molar-refractivity contribution in [2.24, 2.45) is 23.0 Å². The van der Waals surface area contributed by atoms with Crippen LogP contribution in [0.1, 0.15) is 54.4 Å². The molecule has 0 aliphatic rings. The highest BCUT2D eigenvalue weighted by atomic mass is 16.1. The van der Waals surface area contributed by atoms with Gasteiger partial charge in [-0.2, -0.15) is 0 Å². The van der Waals surface area contributed by atoms with Crippen LogP contribution in [0.2, 0.25) is 0 Å². The van der Waals surface area contributed by atoms with Gasteiger partial charge in [0.1, 0.15) is 0 Å². The molecule has 0 bridgehead atoms. The van der Waals surface area contributed by atoms with Gasteiger partial charge in [0.25, 0.3) is 0 Å². The lowest BCUT2D eigenvalue weighted by molar-refractivity contribution is -0.123. The first-order chi connectivity index (χ1) is 7.66. The van der Waals surface area contributed by atoms with E-state index in [4.69, 9.17) is 5.73 Å². The van der Waals surface area contributed by atoms with E-state index in [1.807, 2.05) is 0 Å². The van der Waals surface area contributed by atoms with Crippen molar-refractivity contribution in [3.63, 3.8) is 0 Å². The van der Waals surface area contributed by atoms with Crippen molar-refractivity contribution in [2.75, 3.05) is 6.54 Å². The fourth-order valence-electron chi connectivity index (χ4n) is 1.65. The van der Waals surface area contributed by atoms with Crippen LogP contribution >= 0.6 is 0 Å². The molecule has 1 amide bonds. The second-order valence-electron chi connectivity index (χ2n) is 6.60. The number of rotatable bonds is 6. The van der Waals surface area contributed by atoms with Crippen LogP contribution < -0.4 is 11.1 Å². The molecule has 17 heavy (non-hydrogen) atoms. The van der Waals surface area contributed by atoms with Crippen LogP contribution in [0, 0.1) is 17.3 Å². The molecule has 0 aromatic carbocycles. The van der Waals surface area contributed by atoms with E-state index in [1.165, 1.54) is 0 Å². The predicted molar refractivity (Wildman–Crippen MR) is 73.7 cm³/mol. The summed E-state index contributed by atoms with van der Waals surface area (Å²) in [6.07, 6.45) is 1.53. The first kappa shape index (κ1) is 16.4. The number of hydrogen-bond acceptors (Lipinski definition) is 2. The van der Waals surface area contributed by atoms with Gasteiger partial charge < -0.3 is 11.1 Å². The average Bonchev–Trinajstić information content (AvgIpc) is 2.14. The summed E-state index contributed by atoms with van der Waals surface area (Å²) >= 11 is 0. The Kier molecular flexibility index (Phi) is 6.76. The van der Waals surface area contributed by atoms with E-state index in [-0.39, 0.29) is 17.4 Å². The maximum Gasteiger partial charge on any atom is 0.220 e. The molecule has 0 aliphatic heterocycles. The monoisotopic (exact) mass is 242 g/mol. The zero-order valence-electron chi connectivity index (χ0n) is 12.3. The molecule has 0 saturated heterocycles. The van der Waals surface area contributed by atoms with Crippen molar-refractivity contribution in [1.82, 2.24) is 5.32 Å². The van der Waals surface area contributed by atoms with Gasteiger partial charge in [-0.3, -0.25) is 4.79 Å². The molecule has 0 aromatic heterocycles. The van der Waals surface area contributed by atoms with E-state index in [1.54, 1.807) is 0 Å². The van der Waals surface area contributed by atoms with Gasteiger partial charge in [-0.25, -0.2) is 0 Å². The fourth-order valence-corrected chi connectivity index (χ4v) is 1.65. The van der Waals surface area contributed by atoms with E-state index in [9.17, 15) is 4.79 Å². The molecule has 3 N–H and O–H groups in total. The molecule has 0 spiro atoms. The Bertz CT molecular complexity index is 231. The molecule has 2 unspecified atom stereocenters. The third-order valence-corrected chi connectivity index (χ3v) is 3.38. The Morgan fingerprint density at radius 2 is 1.76 bits per heavy atom. The summed E-state index contributed by atoms with van der Waals surface area (Å²) in [4.78, 5) is 11.9. The first-order valence-electron chi connectivity index (χ1n) is 6.66. The van der Waals surface area contributed by atoms with Crippen molar-refractivity contribution >= 4 is 5.91 Å². The van der Waals surface area contributed by atoms with Crippen molar-refractivity contribution in [3.8, 4) is 0 Å². The minimum Gasteiger partial charge on any atom is -0.352 e. The number of carbonyl (C=O) groups excluding carboxylic acids is 1. The van der Waals surface area contributed by atoms with Gasteiger partial charge in [0.05, 0.1) is 0 Å². The van der Waals surface area contributed by atoms with Gasteiger partial charge in [0.2, 0.25) is 5.91 Å². The molecular formula is C14H30N2O. The van der Waals surface area contributed by atoms with Crippen LogP contribution in [0.3, 0.4) is 0 Å². The lowest BCUT2D eigenvalue weighted by Crippen LogP contribution is -2.42. The quantitative estimate of drug-likeness (QED) is 0.752. The lowest BCUT2D eigenvalue weighted by Gasteiger charge is -2.27. The third kappa shape index (κ3) is 7.37. The van der Waals surface area contributed by atoms with Crippen molar-refractivity contribution < 1.29 is 4.79 Å². The average molecular weight is 242 g/mol. The van der Waals surface area contributed by atoms with Crippen LogP contribution in [0.25, 0.3) is 0 Å². The van der Waals surface area contributed by atoms with E-state index in [0.717, 1.165) is 6.42 Å². The topological polar surface area (TPSA) is 55.1 Å². The van der Waals surface area contributed by atoms with Gasteiger partial charge >= 0.3 is 0 Å². The molecule has 0 heterocycles. The van der Waals surface area contributed by atoms with Crippen molar-refractivity contribution in [3.05, 3.63) is 0 Å². The Morgan fingerprint density at radius 1 is 1.24 bits per heavy atom. The van der Waals surface area contributed by atoms with Gasteiger partial charge in [-0.05, 0) is 23.7 Å². The number of carbonyl (C=O) groups is 1. The van der Waals surface area contributed by atoms with Crippen LogP contribution in [-0.4, -0.2) is 18.5 Å². The van der Waals surface area contributed by atoms with Crippen molar-refractivity contribution in [2.45, 2.75) is 60.4 Å². The molecule has 2 atom stereocenters. The minimum absolute atomic E-state index is 0.120. The normalized spacial score (nSPS) is 15.8. The minimum atomic E-state index is 0.120. The summed E-state index contributed by atoms with van der Waals surface area (Å²) in [5, 5.41) is 3.04. The second kappa shape index (κ2) is 7.00. The fraction of sp³-hybridized carbons (Fsp3) is 0.929. The highest BCUT2D eigenvalue weighted by Gasteiger charge is 2.23. The van der Waals surface area contributed by atoms with Gasteiger partial charge in [-0.15, -0.1) is 0 Å². The molecule has 0 fully saturated rings. The zero-order chi connectivity index (χ0) is 13.6. The maximum atomic E-state index is 11.9. The number of hydrogen-bond donors (Lipinski definition) is 2. The van der Waals surface area contributed by atoms with E-state index >= 15 is 0 Å². The summed E-state index contributed by atoms with van der Waals surface area (Å²) in [6, 6.07) is 0.120. The molecule has 0 aliphatic carbocycles. The summed E-state index contributed by atoms with van der Waals surface area (Å²) in [5.74, 6) is 1.06. The Morgan fingerprint density at radius 3 is 2.12 bits per heavy atom. The molecule has 0 rings (SSSR count). The number of amides is 1. The largest absolute Gasteiger partial charge is 0.352 e. The Labute approximate surface area is 107 Å². The predicted octanol–water partition coefficient (Wildman–Crippen LogP) is 2.55. The SMILES string of the molecule is CC(C)CC(CN)NC(=O)CC(C)C(C)(C)C. The summed E-state index contributed by atoms with van der Waals surface area (Å²) < 4.78 is 0. The Hall–Kier alpha value is -0.570. The molecule has 0 radical (unpaired) electrons. The summed E-state index contributed by atoms with van der Waals surface area (Å²) in [5.41, 5.74) is 5.85. The summed E-state index contributed by atoms with van der Waals surface area (Å²) in [7, 11) is 0. The third-order valence-electron chi connectivity index (χ3n) is 3.38. The maximum absolute atomic E-state index is 11.9. The molecular weight excluding hydrogens is 212 g/mol. The van der Waals surface area contributed by atoms with E-state index in [2.05, 4.69) is 46.9 Å². The highest BCUT2D eigenvalue weighted by Crippen LogP contribution is 2.27. The van der Waals surface area contributed by atoms with Crippen LogP contribution in [0.4, 0.5) is 0 Å². The second-order valence-corrected chi connectivity index (χ2v) is 6.60. The Balaban J connectivity index is 4.16. The van der Waals surface area contributed by atoms with Crippen LogP contribution in [-0.2, 0) is 4.79 Å². The molecule has 102 valence electrons. The first-order valence-corrected chi connectivity index (χ1v) is 6.66. The number of nitrogens with one attached hydrogen (secondary N) is 1. The summed E-state index contributed by atoms with van der Waals surface area (Å²) in [6.45, 7) is 13.4. The van der Waals surface area contributed by atoms with Crippen LogP contribution in [0.5, 0.6) is 0 Å². The van der Waals surface area contributed by atoms with Gasteiger partial charge in [0, 0.05) is 19.0 Å². The van der Waals surface area contributed by atoms with Gasteiger partial charge in [0.15, 0.2) is 0 Å². The van der Waals surface area contributed by atoms with Crippen molar-refractivity contribution in [1.29, 1.82) is 0 Å². The zero-order valence-corrected chi connectivity index (χ0v) is 12.3. The van der Waals surface area contributed by atoms with Gasteiger partial charge in [-0.1, -0.05) is 41.5 Å². The van der Waals surface area contributed by atoms with E-state index < -0.39 is 0 Å². The smallest absolute Gasteiger partial charge is 0.220 e. The van der Waals surface area contributed by atoms with E-state index in [0.29, 0.717) is 24.8 Å². The standard InChI is InChI=1S/C14H30N2O/c1-10(2)7-12(9-15)16-13(17)8-11(3)14(4,5)6/h10-12H,7-9,15H2,1-6H3,(H,16,17). The highest BCUT2D eigenvalue weighted by molar-refractivity contribution is 5.76. The lowest BCUT2D eigenvalue weighted by atomic mass is 9.80. The molecule has 0 aromatic rings. The molecule has 3 nitrogen and oxygen atoms in total. The molecule has 3 heteroatoms. The number of nitrogens with two attached hydrogens (primary N) is 1. The molecule has 0 saturated carbocycles. The van der Waals surface area contributed by atoms with Crippen LogP contribution in [0.15, 0.2) is 0 Å².